The van der Waals surface area contributed by atoms with Crippen LogP contribution in [0, 0.1) is 6.92 Å². The second-order valence-electron chi connectivity index (χ2n) is 3.09. The summed E-state index contributed by atoms with van der Waals surface area (Å²) in [5, 5.41) is 3.75. The molecule has 2 rings (SSSR count). The summed E-state index contributed by atoms with van der Waals surface area (Å²) in [6.07, 6.45) is 0. The Labute approximate surface area is 96.1 Å². The van der Waals surface area contributed by atoms with Gasteiger partial charge in [0.2, 0.25) is 5.78 Å². The number of hydrogen-bond acceptors (Lipinski definition) is 4. The maximum Gasteiger partial charge on any atom is 0.207 e. The van der Waals surface area contributed by atoms with Crippen molar-refractivity contribution in [1.82, 2.24) is 0 Å². The van der Waals surface area contributed by atoms with Gasteiger partial charge in [0.25, 0.3) is 0 Å². The molecule has 0 amide bonds. The highest BCUT2D eigenvalue weighted by molar-refractivity contribution is 7.13. The summed E-state index contributed by atoms with van der Waals surface area (Å²) in [6.45, 7) is 1.99. The molecule has 2 heterocycles. The number of thiophene rings is 2. The highest BCUT2D eigenvalue weighted by atomic mass is 32.1. The molecule has 78 valence electrons. The number of carbonyl (C=O) groups is 1. The first-order chi connectivity index (χ1) is 7.22. The van der Waals surface area contributed by atoms with Gasteiger partial charge in [0.05, 0.1) is 7.11 Å². The van der Waals surface area contributed by atoms with Gasteiger partial charge in [0, 0.05) is 15.8 Å². The van der Waals surface area contributed by atoms with Crippen LogP contribution in [0.1, 0.15) is 20.1 Å². The number of methoxy groups -OCH3 is 1. The van der Waals surface area contributed by atoms with Crippen LogP contribution < -0.4 is 4.74 Å². The van der Waals surface area contributed by atoms with Crippen molar-refractivity contribution in [3.63, 3.8) is 0 Å². The van der Waals surface area contributed by atoms with Crippen LogP contribution in [0.3, 0.4) is 0 Å². The summed E-state index contributed by atoms with van der Waals surface area (Å²) in [7, 11) is 1.58. The van der Waals surface area contributed by atoms with E-state index >= 15 is 0 Å². The van der Waals surface area contributed by atoms with Crippen LogP contribution in [0.25, 0.3) is 0 Å². The van der Waals surface area contributed by atoms with Gasteiger partial charge in [-0.05, 0) is 24.4 Å². The predicted octanol–water partition coefficient (Wildman–Crippen LogP) is 3.36. The Bertz CT molecular complexity index is 482. The second kappa shape index (κ2) is 4.16. The molecule has 2 nitrogen and oxygen atoms in total. The molecule has 0 bridgehead atoms. The van der Waals surface area contributed by atoms with Crippen molar-refractivity contribution in [2.45, 2.75) is 6.92 Å². The molecular weight excluding hydrogens is 228 g/mol. The van der Waals surface area contributed by atoms with Crippen molar-refractivity contribution in [2.75, 3.05) is 7.11 Å². The summed E-state index contributed by atoms with van der Waals surface area (Å²) in [5.41, 5.74) is 0.748. The lowest BCUT2D eigenvalue weighted by Gasteiger charge is -1.99. The van der Waals surface area contributed by atoms with Gasteiger partial charge in [0.1, 0.15) is 10.6 Å². The molecule has 0 N–H and O–H groups in total. The zero-order valence-corrected chi connectivity index (χ0v) is 10.1. The zero-order chi connectivity index (χ0) is 10.8. The van der Waals surface area contributed by atoms with E-state index in [1.165, 1.54) is 11.3 Å². The molecule has 0 aliphatic rings. The minimum Gasteiger partial charge on any atom is -0.495 e. The molecule has 0 aromatic carbocycles. The molecule has 0 saturated heterocycles. The van der Waals surface area contributed by atoms with E-state index in [0.717, 1.165) is 10.4 Å². The standard InChI is InChI=1S/C11H10O2S2/c1-7-5-8(6-15-7)10(12)11-9(13-2)3-4-14-11/h3-6H,1-2H3. The van der Waals surface area contributed by atoms with Crippen molar-refractivity contribution < 1.29 is 9.53 Å². The van der Waals surface area contributed by atoms with Gasteiger partial charge in [-0.1, -0.05) is 0 Å². The van der Waals surface area contributed by atoms with Gasteiger partial charge in [-0.15, -0.1) is 22.7 Å². The van der Waals surface area contributed by atoms with E-state index in [1.807, 2.05) is 29.8 Å². The molecule has 0 saturated carbocycles. The fourth-order valence-electron chi connectivity index (χ4n) is 1.32. The van der Waals surface area contributed by atoms with Crippen LogP contribution in [0.4, 0.5) is 0 Å². The van der Waals surface area contributed by atoms with Crippen LogP contribution in [-0.4, -0.2) is 12.9 Å². The lowest BCUT2D eigenvalue weighted by molar-refractivity contribution is 0.104. The number of aryl methyl sites for hydroxylation is 1. The number of rotatable bonds is 3. The predicted molar refractivity (Wildman–Crippen MR) is 63.4 cm³/mol. The van der Waals surface area contributed by atoms with E-state index in [0.29, 0.717) is 10.6 Å². The zero-order valence-electron chi connectivity index (χ0n) is 8.44. The molecule has 0 aliphatic heterocycles. The summed E-state index contributed by atoms with van der Waals surface area (Å²) < 4.78 is 5.13. The van der Waals surface area contributed by atoms with Gasteiger partial charge in [-0.3, -0.25) is 4.79 Å². The number of ether oxygens (including phenoxy) is 1. The summed E-state index contributed by atoms with van der Waals surface area (Å²) >= 11 is 3.00. The Balaban J connectivity index is 2.36. The lowest BCUT2D eigenvalue weighted by atomic mass is 10.2. The Morgan fingerprint density at radius 1 is 1.40 bits per heavy atom. The average Bonchev–Trinajstić information content (AvgIpc) is 2.84. The summed E-state index contributed by atoms with van der Waals surface area (Å²) in [6, 6.07) is 3.73. The fraction of sp³-hybridized carbons (Fsp3) is 0.182. The van der Waals surface area contributed by atoms with Crippen molar-refractivity contribution in [3.8, 4) is 5.75 Å². The summed E-state index contributed by atoms with van der Waals surface area (Å²) in [4.78, 5) is 13.9. The van der Waals surface area contributed by atoms with E-state index in [9.17, 15) is 4.79 Å². The highest BCUT2D eigenvalue weighted by Gasteiger charge is 2.16. The first kappa shape index (κ1) is 10.4. The van der Waals surface area contributed by atoms with E-state index < -0.39 is 0 Å². The molecule has 2 aromatic rings. The SMILES string of the molecule is COc1ccsc1C(=O)c1csc(C)c1. The third kappa shape index (κ3) is 1.96. The molecular formula is C11H10O2S2. The van der Waals surface area contributed by atoms with Crippen LogP contribution in [0.2, 0.25) is 0 Å². The minimum atomic E-state index is 0.0474. The number of hydrogen-bond donors (Lipinski definition) is 0. The Hall–Kier alpha value is -1.13. The topological polar surface area (TPSA) is 26.3 Å². The molecule has 0 radical (unpaired) electrons. The van der Waals surface area contributed by atoms with Gasteiger partial charge in [-0.25, -0.2) is 0 Å². The highest BCUT2D eigenvalue weighted by Crippen LogP contribution is 2.28. The molecule has 4 heteroatoms. The molecule has 2 aromatic heterocycles. The van der Waals surface area contributed by atoms with Crippen molar-refractivity contribution in [3.05, 3.63) is 38.2 Å². The van der Waals surface area contributed by atoms with Crippen LogP contribution in [-0.2, 0) is 0 Å². The van der Waals surface area contributed by atoms with Gasteiger partial charge < -0.3 is 4.74 Å². The third-order valence-corrected chi connectivity index (χ3v) is 3.80. The minimum absolute atomic E-state index is 0.0474. The number of ketones is 1. The third-order valence-electron chi connectivity index (χ3n) is 2.05. The molecule has 0 fully saturated rings. The normalized spacial score (nSPS) is 10.3. The summed E-state index contributed by atoms with van der Waals surface area (Å²) in [5.74, 6) is 0.708. The van der Waals surface area contributed by atoms with Gasteiger partial charge >= 0.3 is 0 Å². The van der Waals surface area contributed by atoms with Crippen molar-refractivity contribution in [2.24, 2.45) is 0 Å². The first-order valence-corrected chi connectivity index (χ1v) is 6.19. The Morgan fingerprint density at radius 3 is 2.80 bits per heavy atom. The smallest absolute Gasteiger partial charge is 0.207 e. The second-order valence-corrected chi connectivity index (χ2v) is 5.12. The van der Waals surface area contributed by atoms with Crippen LogP contribution in [0.5, 0.6) is 5.75 Å². The largest absolute Gasteiger partial charge is 0.495 e. The van der Waals surface area contributed by atoms with E-state index in [4.69, 9.17) is 4.74 Å². The molecule has 0 spiro atoms. The quantitative estimate of drug-likeness (QED) is 0.766. The van der Waals surface area contributed by atoms with Crippen molar-refractivity contribution in [1.29, 1.82) is 0 Å². The molecule has 15 heavy (non-hydrogen) atoms. The van der Waals surface area contributed by atoms with Gasteiger partial charge in [0.15, 0.2) is 0 Å². The monoisotopic (exact) mass is 238 g/mol. The maximum absolute atomic E-state index is 12.0. The fourth-order valence-corrected chi connectivity index (χ4v) is 2.82. The maximum atomic E-state index is 12.0. The lowest BCUT2D eigenvalue weighted by Crippen LogP contribution is -1.98. The van der Waals surface area contributed by atoms with Crippen LogP contribution >= 0.6 is 22.7 Å². The van der Waals surface area contributed by atoms with Gasteiger partial charge in [-0.2, -0.15) is 0 Å². The molecule has 0 aliphatic carbocycles. The van der Waals surface area contributed by atoms with E-state index in [2.05, 4.69) is 0 Å². The Kier molecular flexibility index (Phi) is 2.88. The average molecular weight is 238 g/mol. The van der Waals surface area contributed by atoms with Crippen molar-refractivity contribution >= 4 is 28.5 Å². The molecule has 0 unspecified atom stereocenters. The Morgan fingerprint density at radius 2 is 2.20 bits per heavy atom. The number of carbonyl (C=O) groups excluding carboxylic acids is 1. The van der Waals surface area contributed by atoms with E-state index in [-0.39, 0.29) is 5.78 Å². The van der Waals surface area contributed by atoms with E-state index in [1.54, 1.807) is 18.4 Å². The van der Waals surface area contributed by atoms with Crippen LogP contribution in [0.15, 0.2) is 22.9 Å². The molecule has 0 atom stereocenters. The first-order valence-electron chi connectivity index (χ1n) is 4.43.